The van der Waals surface area contributed by atoms with E-state index in [-0.39, 0.29) is 0 Å². The van der Waals surface area contributed by atoms with Crippen LogP contribution >= 0.6 is 0 Å². The van der Waals surface area contributed by atoms with Crippen molar-refractivity contribution in [1.29, 1.82) is 0 Å². The molecular weight excluding hydrogens is 202 g/mol. The van der Waals surface area contributed by atoms with Crippen LogP contribution in [-0.4, -0.2) is 13.3 Å². The monoisotopic (exact) mass is 219 g/mol. The van der Waals surface area contributed by atoms with E-state index < -0.39 is 0 Å². The fraction of sp³-hybridized carbons (Fsp3) is 0.538. The first-order valence-electron chi connectivity index (χ1n) is 6.01. The highest BCUT2D eigenvalue weighted by Crippen LogP contribution is 2.38. The van der Waals surface area contributed by atoms with Crippen molar-refractivity contribution in [2.75, 3.05) is 13.3 Å². The average Bonchev–Trinajstić information content (AvgIpc) is 2.96. The highest BCUT2D eigenvalue weighted by Gasteiger charge is 2.27. The summed E-state index contributed by atoms with van der Waals surface area (Å²) in [4.78, 5) is 0. The summed E-state index contributed by atoms with van der Waals surface area (Å²) in [5.74, 6) is 2.51. The molecule has 1 aromatic carbocycles. The molecule has 0 saturated carbocycles. The Labute approximate surface area is 95.8 Å². The first-order valence-corrected chi connectivity index (χ1v) is 6.01. The van der Waals surface area contributed by atoms with Crippen LogP contribution in [0.3, 0.4) is 0 Å². The SMILES string of the molecule is CCC1CCNC1c1ccc2c(c1)OCO2. The van der Waals surface area contributed by atoms with Crippen LogP contribution < -0.4 is 14.8 Å². The summed E-state index contributed by atoms with van der Waals surface area (Å²) in [6.07, 6.45) is 2.50. The summed E-state index contributed by atoms with van der Waals surface area (Å²) in [6, 6.07) is 6.77. The second kappa shape index (κ2) is 3.98. The Kier molecular flexibility index (Phi) is 2.48. The van der Waals surface area contributed by atoms with E-state index in [1.165, 1.54) is 18.4 Å². The quantitative estimate of drug-likeness (QED) is 0.829. The molecule has 86 valence electrons. The third kappa shape index (κ3) is 1.55. The minimum Gasteiger partial charge on any atom is -0.454 e. The Morgan fingerprint density at radius 1 is 1.31 bits per heavy atom. The predicted molar refractivity (Wildman–Crippen MR) is 61.7 cm³/mol. The van der Waals surface area contributed by atoms with Gasteiger partial charge in [-0.15, -0.1) is 0 Å². The molecule has 3 rings (SSSR count). The topological polar surface area (TPSA) is 30.5 Å². The number of ether oxygens (including phenoxy) is 2. The summed E-state index contributed by atoms with van der Waals surface area (Å²) in [5.41, 5.74) is 1.33. The van der Waals surface area contributed by atoms with Crippen molar-refractivity contribution in [3.63, 3.8) is 0 Å². The molecule has 0 bridgehead atoms. The van der Waals surface area contributed by atoms with E-state index in [0.29, 0.717) is 12.8 Å². The third-order valence-corrected chi connectivity index (χ3v) is 3.63. The third-order valence-electron chi connectivity index (χ3n) is 3.63. The predicted octanol–water partition coefficient (Wildman–Crippen LogP) is 2.48. The molecule has 2 aliphatic rings. The van der Waals surface area contributed by atoms with Crippen molar-refractivity contribution < 1.29 is 9.47 Å². The van der Waals surface area contributed by atoms with Crippen LogP contribution in [0.4, 0.5) is 0 Å². The van der Waals surface area contributed by atoms with Crippen molar-refractivity contribution in [3.8, 4) is 11.5 Å². The van der Waals surface area contributed by atoms with Crippen molar-refractivity contribution in [1.82, 2.24) is 5.32 Å². The van der Waals surface area contributed by atoms with Gasteiger partial charge in [0.1, 0.15) is 0 Å². The molecule has 2 unspecified atom stereocenters. The molecule has 0 amide bonds. The standard InChI is InChI=1S/C13H17NO2/c1-2-9-5-6-14-13(9)10-3-4-11-12(7-10)16-8-15-11/h3-4,7,9,13-14H,2,5-6,8H2,1H3. The van der Waals surface area contributed by atoms with Gasteiger partial charge in [0.15, 0.2) is 11.5 Å². The first kappa shape index (κ1) is 9.97. The van der Waals surface area contributed by atoms with Crippen LogP contribution in [0.5, 0.6) is 11.5 Å². The van der Waals surface area contributed by atoms with Gasteiger partial charge in [-0.25, -0.2) is 0 Å². The molecule has 1 fully saturated rings. The van der Waals surface area contributed by atoms with Gasteiger partial charge in [0.05, 0.1) is 0 Å². The van der Waals surface area contributed by atoms with E-state index in [0.717, 1.165) is 24.0 Å². The number of hydrogen-bond donors (Lipinski definition) is 1. The van der Waals surface area contributed by atoms with Crippen molar-refractivity contribution in [2.24, 2.45) is 5.92 Å². The first-order chi connectivity index (χ1) is 7.88. The Balaban J connectivity index is 1.89. The highest BCUT2D eigenvalue weighted by molar-refractivity contribution is 5.45. The lowest BCUT2D eigenvalue weighted by atomic mass is 9.92. The van der Waals surface area contributed by atoms with Crippen LogP contribution in [-0.2, 0) is 0 Å². The smallest absolute Gasteiger partial charge is 0.231 e. The molecule has 0 aromatic heterocycles. The van der Waals surface area contributed by atoms with E-state index >= 15 is 0 Å². The summed E-state index contributed by atoms with van der Waals surface area (Å²) in [7, 11) is 0. The van der Waals surface area contributed by atoms with Crippen molar-refractivity contribution in [2.45, 2.75) is 25.8 Å². The second-order valence-corrected chi connectivity index (χ2v) is 4.50. The Bertz CT molecular complexity index is 392. The van der Waals surface area contributed by atoms with Gasteiger partial charge >= 0.3 is 0 Å². The van der Waals surface area contributed by atoms with E-state index in [2.05, 4.69) is 24.4 Å². The van der Waals surface area contributed by atoms with Gasteiger partial charge in [-0.05, 0) is 36.6 Å². The average molecular weight is 219 g/mol. The molecule has 1 aromatic rings. The van der Waals surface area contributed by atoms with E-state index in [1.54, 1.807) is 0 Å². The Morgan fingerprint density at radius 3 is 3.06 bits per heavy atom. The Morgan fingerprint density at radius 2 is 2.19 bits per heavy atom. The maximum atomic E-state index is 5.42. The normalized spacial score (nSPS) is 27.3. The molecule has 3 nitrogen and oxygen atoms in total. The molecule has 1 N–H and O–H groups in total. The van der Waals surface area contributed by atoms with Crippen LogP contribution in [0.25, 0.3) is 0 Å². The maximum Gasteiger partial charge on any atom is 0.231 e. The number of hydrogen-bond acceptors (Lipinski definition) is 3. The molecule has 3 heteroatoms. The Hall–Kier alpha value is -1.22. The minimum absolute atomic E-state index is 0.355. The fourth-order valence-electron chi connectivity index (χ4n) is 2.69. The molecule has 2 aliphatic heterocycles. The molecule has 0 radical (unpaired) electrons. The molecule has 16 heavy (non-hydrogen) atoms. The number of benzene rings is 1. The minimum atomic E-state index is 0.355. The lowest BCUT2D eigenvalue weighted by Gasteiger charge is -2.18. The zero-order chi connectivity index (χ0) is 11.0. The van der Waals surface area contributed by atoms with E-state index in [9.17, 15) is 0 Å². The lowest BCUT2D eigenvalue weighted by Crippen LogP contribution is -2.17. The molecule has 0 spiro atoms. The van der Waals surface area contributed by atoms with Crippen molar-refractivity contribution >= 4 is 0 Å². The largest absolute Gasteiger partial charge is 0.454 e. The molecule has 1 saturated heterocycles. The zero-order valence-corrected chi connectivity index (χ0v) is 9.53. The van der Waals surface area contributed by atoms with Gasteiger partial charge < -0.3 is 14.8 Å². The van der Waals surface area contributed by atoms with Crippen LogP contribution in [0.2, 0.25) is 0 Å². The van der Waals surface area contributed by atoms with Crippen LogP contribution in [0.15, 0.2) is 18.2 Å². The molecule has 2 heterocycles. The molecule has 2 atom stereocenters. The van der Waals surface area contributed by atoms with E-state index in [1.807, 2.05) is 6.07 Å². The zero-order valence-electron chi connectivity index (χ0n) is 9.53. The number of rotatable bonds is 2. The maximum absolute atomic E-state index is 5.42. The fourth-order valence-corrected chi connectivity index (χ4v) is 2.69. The van der Waals surface area contributed by atoms with Gasteiger partial charge in [-0.3, -0.25) is 0 Å². The van der Waals surface area contributed by atoms with Gasteiger partial charge in [0.2, 0.25) is 6.79 Å². The lowest BCUT2D eigenvalue weighted by molar-refractivity contribution is 0.174. The van der Waals surface area contributed by atoms with Crippen LogP contribution in [0.1, 0.15) is 31.4 Å². The number of fused-ring (bicyclic) bond motifs is 1. The molecule has 0 aliphatic carbocycles. The number of nitrogens with one attached hydrogen (secondary N) is 1. The summed E-state index contributed by atoms with van der Waals surface area (Å²) in [5, 5.41) is 3.57. The summed E-state index contributed by atoms with van der Waals surface area (Å²) < 4.78 is 10.7. The highest BCUT2D eigenvalue weighted by atomic mass is 16.7. The van der Waals surface area contributed by atoms with Crippen LogP contribution in [0, 0.1) is 5.92 Å². The summed E-state index contributed by atoms with van der Waals surface area (Å²) in [6.45, 7) is 3.74. The van der Waals surface area contributed by atoms with E-state index in [4.69, 9.17) is 9.47 Å². The molecular formula is C13H17NO2. The van der Waals surface area contributed by atoms with Gasteiger partial charge in [-0.1, -0.05) is 19.4 Å². The second-order valence-electron chi connectivity index (χ2n) is 4.50. The van der Waals surface area contributed by atoms with Gasteiger partial charge in [0, 0.05) is 6.04 Å². The van der Waals surface area contributed by atoms with Crippen molar-refractivity contribution in [3.05, 3.63) is 23.8 Å². The summed E-state index contributed by atoms with van der Waals surface area (Å²) >= 11 is 0. The van der Waals surface area contributed by atoms with Gasteiger partial charge in [-0.2, -0.15) is 0 Å². The van der Waals surface area contributed by atoms with Gasteiger partial charge in [0.25, 0.3) is 0 Å².